The largest absolute Gasteiger partial charge is 0.497 e. The van der Waals surface area contributed by atoms with Crippen LogP contribution >= 0.6 is 15.9 Å². The number of halogens is 1. The van der Waals surface area contributed by atoms with Gasteiger partial charge in [0.05, 0.1) is 13.2 Å². The zero-order chi connectivity index (χ0) is 12.3. The van der Waals surface area contributed by atoms with E-state index in [1.807, 2.05) is 6.07 Å². The number of alkyl halides is 1. The fraction of sp³-hybridized carbons (Fsp3) is 0.571. The maximum absolute atomic E-state index is 5.68. The van der Waals surface area contributed by atoms with Crippen LogP contribution in [0.25, 0.3) is 0 Å². The third kappa shape index (κ3) is 3.23. The molecule has 2 unspecified atom stereocenters. The summed E-state index contributed by atoms with van der Waals surface area (Å²) in [4.78, 5) is 0.372. The highest BCUT2D eigenvalue weighted by atomic mass is 79.9. The van der Waals surface area contributed by atoms with E-state index >= 15 is 0 Å². The summed E-state index contributed by atoms with van der Waals surface area (Å²) in [7, 11) is 1.70. The smallest absolute Gasteiger partial charge is 0.119 e. The molecule has 0 spiro atoms. The number of hydrogen-bond donors (Lipinski definition) is 0. The van der Waals surface area contributed by atoms with Crippen LogP contribution in [-0.4, -0.2) is 19.8 Å². The van der Waals surface area contributed by atoms with E-state index in [2.05, 4.69) is 35.0 Å². The Morgan fingerprint density at radius 3 is 2.94 bits per heavy atom. The molecule has 0 aromatic heterocycles. The van der Waals surface area contributed by atoms with Crippen molar-refractivity contribution in [3.63, 3.8) is 0 Å². The van der Waals surface area contributed by atoms with Gasteiger partial charge in [-0.15, -0.1) is 0 Å². The van der Waals surface area contributed by atoms with Crippen molar-refractivity contribution in [3.8, 4) is 5.75 Å². The van der Waals surface area contributed by atoms with E-state index in [0.29, 0.717) is 10.9 Å². The summed E-state index contributed by atoms with van der Waals surface area (Å²) in [6.07, 6.45) is 3.86. The molecule has 1 fully saturated rings. The second-order valence-corrected chi connectivity index (χ2v) is 5.67. The van der Waals surface area contributed by atoms with Crippen LogP contribution in [0.3, 0.4) is 0 Å². The van der Waals surface area contributed by atoms with Crippen molar-refractivity contribution >= 4 is 15.9 Å². The molecule has 0 aliphatic carbocycles. The zero-order valence-electron chi connectivity index (χ0n) is 10.4. The van der Waals surface area contributed by atoms with E-state index in [-0.39, 0.29) is 0 Å². The Balaban J connectivity index is 2.04. The molecule has 1 aliphatic heterocycles. The molecule has 2 nitrogen and oxygen atoms in total. The van der Waals surface area contributed by atoms with Crippen molar-refractivity contribution < 1.29 is 9.47 Å². The average Bonchev–Trinajstić information content (AvgIpc) is 2.81. The van der Waals surface area contributed by atoms with E-state index in [1.54, 1.807) is 7.11 Å². The second-order valence-electron chi connectivity index (χ2n) is 4.56. The van der Waals surface area contributed by atoms with E-state index in [0.717, 1.165) is 18.8 Å². The van der Waals surface area contributed by atoms with Gasteiger partial charge in [0.1, 0.15) is 5.75 Å². The normalized spacial score (nSPS) is 21.5. The molecule has 0 bridgehead atoms. The summed E-state index contributed by atoms with van der Waals surface area (Å²) in [6.45, 7) is 3.05. The molecule has 2 atom stereocenters. The van der Waals surface area contributed by atoms with Crippen LogP contribution in [0, 0.1) is 6.92 Å². The number of benzene rings is 1. The first-order valence-electron chi connectivity index (χ1n) is 6.11. The summed E-state index contributed by atoms with van der Waals surface area (Å²) in [6, 6.07) is 6.24. The van der Waals surface area contributed by atoms with Gasteiger partial charge >= 0.3 is 0 Å². The van der Waals surface area contributed by atoms with Gasteiger partial charge in [-0.2, -0.15) is 0 Å². The molecule has 17 heavy (non-hydrogen) atoms. The predicted octanol–water partition coefficient (Wildman–Crippen LogP) is 4.01. The minimum atomic E-state index is 0.372. The van der Waals surface area contributed by atoms with Crippen LogP contribution in [-0.2, 0) is 4.74 Å². The minimum Gasteiger partial charge on any atom is -0.497 e. The highest BCUT2D eigenvalue weighted by molar-refractivity contribution is 9.09. The fourth-order valence-electron chi connectivity index (χ4n) is 2.31. The molecule has 94 valence electrons. The first kappa shape index (κ1) is 12.9. The number of aryl methyl sites for hydroxylation is 1. The van der Waals surface area contributed by atoms with E-state index in [1.165, 1.54) is 24.0 Å². The van der Waals surface area contributed by atoms with E-state index < -0.39 is 0 Å². The summed E-state index contributed by atoms with van der Waals surface area (Å²) in [5, 5.41) is 0. The average molecular weight is 299 g/mol. The Kier molecular flexibility index (Phi) is 4.46. The third-order valence-electron chi connectivity index (χ3n) is 3.31. The lowest BCUT2D eigenvalue weighted by Crippen LogP contribution is -2.08. The zero-order valence-corrected chi connectivity index (χ0v) is 12.0. The lowest BCUT2D eigenvalue weighted by atomic mass is 10.0. The molecule has 0 saturated carbocycles. The summed E-state index contributed by atoms with van der Waals surface area (Å²) in [5.74, 6) is 0.920. The van der Waals surface area contributed by atoms with Crippen LogP contribution in [0.2, 0.25) is 0 Å². The van der Waals surface area contributed by atoms with Gasteiger partial charge in [-0.25, -0.2) is 0 Å². The molecule has 0 radical (unpaired) electrons. The minimum absolute atomic E-state index is 0.372. The Bertz CT molecular complexity index is 372. The van der Waals surface area contributed by atoms with Crippen LogP contribution in [0.15, 0.2) is 18.2 Å². The molecule has 2 rings (SSSR count). The second kappa shape index (κ2) is 5.87. The van der Waals surface area contributed by atoms with Crippen molar-refractivity contribution in [2.75, 3.05) is 13.7 Å². The van der Waals surface area contributed by atoms with Gasteiger partial charge in [0.15, 0.2) is 0 Å². The standard InChI is InChI=1S/C14H19BrO2/c1-10-8-11(16-2)5-6-13(10)14(15)9-12-4-3-7-17-12/h5-6,8,12,14H,3-4,7,9H2,1-2H3. The van der Waals surface area contributed by atoms with E-state index in [4.69, 9.17) is 9.47 Å². The number of rotatable bonds is 4. The van der Waals surface area contributed by atoms with Gasteiger partial charge in [-0.3, -0.25) is 0 Å². The highest BCUT2D eigenvalue weighted by Gasteiger charge is 2.21. The third-order valence-corrected chi connectivity index (χ3v) is 4.18. The Morgan fingerprint density at radius 1 is 1.53 bits per heavy atom. The molecular formula is C14H19BrO2. The lowest BCUT2D eigenvalue weighted by molar-refractivity contribution is 0.104. The summed E-state index contributed by atoms with van der Waals surface area (Å²) < 4.78 is 10.9. The molecule has 1 aliphatic rings. The highest BCUT2D eigenvalue weighted by Crippen LogP contribution is 2.34. The monoisotopic (exact) mass is 298 g/mol. The number of methoxy groups -OCH3 is 1. The van der Waals surface area contributed by atoms with Gasteiger partial charge in [0.25, 0.3) is 0 Å². The summed E-state index contributed by atoms with van der Waals surface area (Å²) >= 11 is 3.77. The lowest BCUT2D eigenvalue weighted by Gasteiger charge is -2.17. The van der Waals surface area contributed by atoms with Crippen LogP contribution in [0.1, 0.15) is 35.2 Å². The summed E-state index contributed by atoms with van der Waals surface area (Å²) in [5.41, 5.74) is 2.60. The Labute approximate surface area is 111 Å². The Morgan fingerprint density at radius 2 is 2.35 bits per heavy atom. The molecule has 3 heteroatoms. The maximum Gasteiger partial charge on any atom is 0.119 e. The SMILES string of the molecule is COc1ccc(C(Br)CC2CCCO2)c(C)c1. The molecule has 0 amide bonds. The van der Waals surface area contributed by atoms with Crippen LogP contribution in [0.5, 0.6) is 5.75 Å². The number of ether oxygens (including phenoxy) is 2. The molecule has 1 saturated heterocycles. The first-order valence-corrected chi connectivity index (χ1v) is 7.02. The van der Waals surface area contributed by atoms with Crippen LogP contribution in [0.4, 0.5) is 0 Å². The molecular weight excluding hydrogens is 280 g/mol. The fourth-order valence-corrected chi connectivity index (χ4v) is 3.25. The van der Waals surface area contributed by atoms with Crippen LogP contribution < -0.4 is 4.74 Å². The Hall–Kier alpha value is -0.540. The van der Waals surface area contributed by atoms with Gasteiger partial charge in [0, 0.05) is 11.4 Å². The van der Waals surface area contributed by atoms with Crippen molar-refractivity contribution in [2.45, 2.75) is 37.1 Å². The number of hydrogen-bond acceptors (Lipinski definition) is 2. The topological polar surface area (TPSA) is 18.5 Å². The van der Waals surface area contributed by atoms with Gasteiger partial charge in [-0.05, 0) is 49.4 Å². The van der Waals surface area contributed by atoms with Gasteiger partial charge in [0.2, 0.25) is 0 Å². The molecule has 1 aromatic carbocycles. The first-order chi connectivity index (χ1) is 8.20. The van der Waals surface area contributed by atoms with Crippen molar-refractivity contribution in [1.82, 2.24) is 0 Å². The molecule has 1 heterocycles. The maximum atomic E-state index is 5.68. The van der Waals surface area contributed by atoms with Crippen molar-refractivity contribution in [2.24, 2.45) is 0 Å². The van der Waals surface area contributed by atoms with E-state index in [9.17, 15) is 0 Å². The molecule has 0 N–H and O–H groups in total. The van der Waals surface area contributed by atoms with Crippen molar-refractivity contribution in [3.05, 3.63) is 29.3 Å². The van der Waals surface area contributed by atoms with Gasteiger partial charge in [-0.1, -0.05) is 22.0 Å². The molecule has 1 aromatic rings. The van der Waals surface area contributed by atoms with Crippen molar-refractivity contribution in [1.29, 1.82) is 0 Å². The predicted molar refractivity (Wildman–Crippen MR) is 73.0 cm³/mol. The quantitative estimate of drug-likeness (QED) is 0.782. The van der Waals surface area contributed by atoms with Gasteiger partial charge < -0.3 is 9.47 Å².